The molecule has 3 rings (SSSR count). The molecular weight excluding hydrogens is 436 g/mol. The molecule has 0 bridgehead atoms. The zero-order chi connectivity index (χ0) is 18.9. The largest absolute Gasteiger partial charge is 0.312 e. The number of amides is 1. The summed E-state index contributed by atoms with van der Waals surface area (Å²) >= 11 is 4.83. The number of hydrogen-bond donors (Lipinski definition) is 0. The van der Waals surface area contributed by atoms with Crippen molar-refractivity contribution in [3.05, 3.63) is 70.0 Å². The highest BCUT2D eigenvalue weighted by molar-refractivity contribution is 9.10. The topological polar surface area (TPSA) is 68.5 Å². The smallest absolute Gasteiger partial charge is 0.279 e. The molecule has 2 aromatic carbocycles. The van der Waals surface area contributed by atoms with Crippen LogP contribution in [0.1, 0.15) is 10.4 Å². The average Bonchev–Trinajstić information content (AvgIpc) is 2.91. The minimum atomic E-state index is -3.39. The highest BCUT2D eigenvalue weighted by atomic mass is 79.9. The van der Waals surface area contributed by atoms with Crippen LogP contribution in [0.2, 0.25) is 0 Å². The third-order valence-electron chi connectivity index (χ3n) is 3.66. The zero-order valence-electron chi connectivity index (χ0n) is 13.8. The Morgan fingerprint density at radius 1 is 1.31 bits per heavy atom. The molecule has 134 valence electrons. The van der Waals surface area contributed by atoms with Crippen LogP contribution in [0.5, 0.6) is 0 Å². The molecular formula is C18H15BrN2O3S2. The highest BCUT2D eigenvalue weighted by Gasteiger charge is 2.12. The molecule has 0 atom stereocenters. The van der Waals surface area contributed by atoms with E-state index in [4.69, 9.17) is 0 Å². The van der Waals surface area contributed by atoms with E-state index >= 15 is 0 Å². The van der Waals surface area contributed by atoms with Crippen molar-refractivity contribution in [3.8, 4) is 0 Å². The Bertz CT molecular complexity index is 1190. The first kappa shape index (κ1) is 18.8. The number of hydrogen-bond acceptors (Lipinski definition) is 4. The van der Waals surface area contributed by atoms with Gasteiger partial charge in [-0.25, -0.2) is 8.42 Å². The first-order chi connectivity index (χ1) is 12.3. The molecule has 0 radical (unpaired) electrons. The monoisotopic (exact) mass is 450 g/mol. The molecule has 5 nitrogen and oxygen atoms in total. The lowest BCUT2D eigenvalue weighted by Gasteiger charge is -2.02. The van der Waals surface area contributed by atoms with Crippen molar-refractivity contribution in [2.45, 2.75) is 11.4 Å². The fourth-order valence-electron chi connectivity index (χ4n) is 2.45. The first-order valence-corrected chi connectivity index (χ1v) is 11.1. The molecule has 0 saturated heterocycles. The third-order valence-corrected chi connectivity index (χ3v) is 6.31. The number of carbonyl (C=O) groups is 1. The van der Waals surface area contributed by atoms with Crippen molar-refractivity contribution >= 4 is 53.2 Å². The van der Waals surface area contributed by atoms with Gasteiger partial charge in [-0.05, 0) is 36.4 Å². The molecule has 0 spiro atoms. The third kappa shape index (κ3) is 3.87. The quantitative estimate of drug-likeness (QED) is 0.567. The van der Waals surface area contributed by atoms with Gasteiger partial charge in [0.25, 0.3) is 5.91 Å². The Balaban J connectivity index is 2.14. The lowest BCUT2D eigenvalue weighted by molar-refractivity contribution is 0.0997. The van der Waals surface area contributed by atoms with Crippen LogP contribution in [0.15, 0.2) is 69.5 Å². The fourth-order valence-corrected chi connectivity index (χ4v) is 4.71. The van der Waals surface area contributed by atoms with Crippen LogP contribution in [-0.2, 0) is 16.4 Å². The van der Waals surface area contributed by atoms with Gasteiger partial charge >= 0.3 is 0 Å². The zero-order valence-corrected chi connectivity index (χ0v) is 17.1. The molecule has 1 heterocycles. The predicted molar refractivity (Wildman–Crippen MR) is 107 cm³/mol. The summed E-state index contributed by atoms with van der Waals surface area (Å²) in [5.41, 5.74) is 1.19. The molecule has 1 aromatic heterocycles. The number of benzene rings is 2. The first-order valence-electron chi connectivity index (χ1n) is 7.58. The van der Waals surface area contributed by atoms with Crippen LogP contribution >= 0.6 is 27.3 Å². The van der Waals surface area contributed by atoms with E-state index in [0.29, 0.717) is 11.3 Å². The molecule has 0 fully saturated rings. The van der Waals surface area contributed by atoms with Crippen LogP contribution < -0.4 is 4.80 Å². The number of carbonyl (C=O) groups excluding carboxylic acids is 1. The second-order valence-electron chi connectivity index (χ2n) is 5.61. The molecule has 8 heteroatoms. The number of rotatable bonds is 4. The average molecular weight is 451 g/mol. The molecule has 0 unspecified atom stereocenters. The van der Waals surface area contributed by atoms with Gasteiger partial charge in [0, 0.05) is 22.8 Å². The minimum absolute atomic E-state index is 0.0952. The van der Waals surface area contributed by atoms with E-state index in [1.165, 1.54) is 23.5 Å². The molecule has 3 aromatic rings. The summed E-state index contributed by atoms with van der Waals surface area (Å²) in [4.78, 5) is 17.4. The molecule has 0 aliphatic heterocycles. The summed E-state index contributed by atoms with van der Waals surface area (Å²) in [5, 5.41) is 0. The Labute approximate surface area is 163 Å². The van der Waals surface area contributed by atoms with Crippen molar-refractivity contribution in [1.29, 1.82) is 0 Å². The fraction of sp³-hybridized carbons (Fsp3) is 0.111. The Morgan fingerprint density at radius 3 is 2.77 bits per heavy atom. The van der Waals surface area contributed by atoms with Crippen molar-refractivity contribution in [2.75, 3.05) is 6.26 Å². The second kappa shape index (κ2) is 7.30. The van der Waals surface area contributed by atoms with E-state index in [-0.39, 0.29) is 10.5 Å². The number of aromatic nitrogens is 1. The number of fused-ring (bicyclic) bond motifs is 1. The van der Waals surface area contributed by atoms with Crippen LogP contribution in [0.25, 0.3) is 10.2 Å². The van der Waals surface area contributed by atoms with Gasteiger partial charge < -0.3 is 4.57 Å². The van der Waals surface area contributed by atoms with Gasteiger partial charge in [-0.15, -0.1) is 6.58 Å². The molecule has 26 heavy (non-hydrogen) atoms. The minimum Gasteiger partial charge on any atom is -0.312 e. The molecule has 1 amide bonds. The van der Waals surface area contributed by atoms with Gasteiger partial charge in [-0.1, -0.05) is 39.4 Å². The van der Waals surface area contributed by atoms with Crippen LogP contribution in [0, 0.1) is 0 Å². The molecule has 0 aliphatic carbocycles. The van der Waals surface area contributed by atoms with Crippen molar-refractivity contribution in [3.63, 3.8) is 0 Å². The summed E-state index contributed by atoms with van der Waals surface area (Å²) in [6, 6.07) is 11.8. The molecule has 0 saturated carbocycles. The van der Waals surface area contributed by atoms with E-state index < -0.39 is 15.7 Å². The van der Waals surface area contributed by atoms with E-state index in [2.05, 4.69) is 27.5 Å². The predicted octanol–water partition coefficient (Wildman–Crippen LogP) is 3.80. The maximum absolute atomic E-state index is 12.6. The van der Waals surface area contributed by atoms with Gasteiger partial charge in [-0.2, -0.15) is 4.99 Å². The number of sulfone groups is 1. The molecule has 0 N–H and O–H groups in total. The van der Waals surface area contributed by atoms with Crippen molar-refractivity contribution < 1.29 is 13.2 Å². The Morgan fingerprint density at radius 2 is 2.08 bits per heavy atom. The number of allylic oxidation sites excluding steroid dienone is 1. The van der Waals surface area contributed by atoms with Crippen molar-refractivity contribution in [2.24, 2.45) is 4.99 Å². The number of halogens is 1. The summed E-state index contributed by atoms with van der Waals surface area (Å²) in [5.74, 6) is -0.487. The maximum Gasteiger partial charge on any atom is 0.279 e. The van der Waals surface area contributed by atoms with E-state index in [0.717, 1.165) is 20.9 Å². The second-order valence-corrected chi connectivity index (χ2v) is 9.55. The lowest BCUT2D eigenvalue weighted by Crippen LogP contribution is -2.16. The van der Waals surface area contributed by atoms with Gasteiger partial charge in [0.1, 0.15) is 0 Å². The van der Waals surface area contributed by atoms with E-state index in [9.17, 15) is 13.2 Å². The maximum atomic E-state index is 12.6. The van der Waals surface area contributed by atoms with Crippen LogP contribution in [0.3, 0.4) is 0 Å². The van der Waals surface area contributed by atoms with E-state index in [1.807, 2.05) is 22.8 Å². The Kier molecular flexibility index (Phi) is 5.27. The van der Waals surface area contributed by atoms with Crippen molar-refractivity contribution in [1.82, 2.24) is 4.57 Å². The van der Waals surface area contributed by atoms with Crippen LogP contribution in [-0.4, -0.2) is 25.1 Å². The lowest BCUT2D eigenvalue weighted by atomic mass is 10.2. The number of thiazole rings is 1. The van der Waals surface area contributed by atoms with Gasteiger partial charge in [0.15, 0.2) is 14.6 Å². The number of nitrogens with zero attached hydrogens (tertiary/aromatic N) is 2. The Hall–Kier alpha value is -2.03. The standard InChI is InChI=1S/C18H15BrN2O3S2/c1-3-9-21-15-8-7-13(19)11-16(15)25-18(21)20-17(22)12-5-4-6-14(10-12)26(2,23)24/h3-8,10-11H,1,9H2,2H3. The highest BCUT2D eigenvalue weighted by Crippen LogP contribution is 2.22. The normalized spacial score (nSPS) is 12.5. The molecule has 0 aliphatic rings. The SMILES string of the molecule is C=CCn1c(=NC(=O)c2cccc(S(C)(=O)=O)c2)sc2cc(Br)ccc21. The summed E-state index contributed by atoms with van der Waals surface area (Å²) in [6.07, 6.45) is 2.84. The summed E-state index contributed by atoms with van der Waals surface area (Å²) < 4.78 is 27.2. The summed E-state index contributed by atoms with van der Waals surface area (Å²) in [6.45, 7) is 4.27. The van der Waals surface area contributed by atoms with E-state index in [1.54, 1.807) is 18.2 Å². The van der Waals surface area contributed by atoms with Gasteiger partial charge in [0.2, 0.25) is 0 Å². The van der Waals surface area contributed by atoms with Crippen LogP contribution in [0.4, 0.5) is 0 Å². The van der Waals surface area contributed by atoms with Gasteiger partial charge in [-0.3, -0.25) is 4.79 Å². The van der Waals surface area contributed by atoms with Gasteiger partial charge in [0.05, 0.1) is 15.1 Å². The summed E-state index contributed by atoms with van der Waals surface area (Å²) in [7, 11) is -3.39.